The second-order valence-electron chi connectivity index (χ2n) is 8.19. The smallest absolute Gasteiger partial charge is 0.238 e. The maximum absolute atomic E-state index is 12.7. The van der Waals surface area contributed by atoms with Crippen LogP contribution in [-0.4, -0.2) is 22.6 Å². The Kier molecular flexibility index (Phi) is 4.24. The van der Waals surface area contributed by atoms with Crippen molar-refractivity contribution in [2.45, 2.75) is 40.0 Å². The minimum Gasteiger partial charge on any atom is -0.452 e. The van der Waals surface area contributed by atoms with Gasteiger partial charge in [-0.25, -0.2) is 0 Å². The Hall–Kier alpha value is -3.41. The summed E-state index contributed by atoms with van der Waals surface area (Å²) in [4.78, 5) is 19.0. The Morgan fingerprint density at radius 1 is 1.03 bits per heavy atom. The molecular formula is C24H23N3O3. The van der Waals surface area contributed by atoms with Gasteiger partial charge in [-0.2, -0.15) is 4.98 Å². The van der Waals surface area contributed by atoms with E-state index in [1.54, 1.807) is 4.90 Å². The molecule has 6 nitrogen and oxygen atoms in total. The van der Waals surface area contributed by atoms with E-state index in [-0.39, 0.29) is 11.8 Å². The van der Waals surface area contributed by atoms with E-state index >= 15 is 0 Å². The molecule has 0 N–H and O–H groups in total. The van der Waals surface area contributed by atoms with Crippen LogP contribution in [0.1, 0.15) is 40.5 Å². The lowest BCUT2D eigenvalue weighted by Crippen LogP contribution is -2.24. The number of aryl methyl sites for hydroxylation is 4. The zero-order valence-electron chi connectivity index (χ0n) is 17.5. The van der Waals surface area contributed by atoms with E-state index in [0.717, 1.165) is 22.2 Å². The molecule has 0 unspecified atom stereocenters. The Balaban J connectivity index is 1.43. The molecule has 1 aliphatic rings. The van der Waals surface area contributed by atoms with E-state index in [0.29, 0.717) is 30.4 Å². The van der Waals surface area contributed by atoms with Crippen LogP contribution in [-0.2, 0) is 4.79 Å². The largest absolute Gasteiger partial charge is 0.452 e. The highest BCUT2D eigenvalue weighted by atomic mass is 16.5. The summed E-state index contributed by atoms with van der Waals surface area (Å²) in [6.07, 6.45) is 0.354. The fraction of sp³-hybridized carbons (Fsp3) is 0.292. The number of carbonyl (C=O) groups excluding carboxylic acids is 1. The molecule has 3 heterocycles. The number of benzene rings is 2. The van der Waals surface area contributed by atoms with Gasteiger partial charge in [0.05, 0.1) is 5.92 Å². The summed E-state index contributed by atoms with van der Waals surface area (Å²) in [7, 11) is 0. The molecule has 0 bridgehead atoms. The number of furan rings is 1. The molecule has 152 valence electrons. The van der Waals surface area contributed by atoms with Crippen molar-refractivity contribution in [3.8, 4) is 11.6 Å². The summed E-state index contributed by atoms with van der Waals surface area (Å²) >= 11 is 0. The predicted octanol–water partition coefficient (Wildman–Crippen LogP) is 5.24. The van der Waals surface area contributed by atoms with Crippen molar-refractivity contribution in [1.82, 2.24) is 10.1 Å². The number of rotatable bonds is 3. The second-order valence-corrected chi connectivity index (χ2v) is 8.19. The number of carbonyl (C=O) groups is 1. The van der Waals surface area contributed by atoms with Gasteiger partial charge in [-0.05, 0) is 63.1 Å². The lowest BCUT2D eigenvalue weighted by Gasteiger charge is -2.17. The minimum atomic E-state index is -0.132. The normalized spacial score (nSPS) is 16.7. The van der Waals surface area contributed by atoms with Gasteiger partial charge in [0.2, 0.25) is 17.6 Å². The van der Waals surface area contributed by atoms with Gasteiger partial charge in [0.25, 0.3) is 0 Å². The number of hydrogen-bond acceptors (Lipinski definition) is 5. The highest BCUT2D eigenvalue weighted by Gasteiger charge is 2.35. The standard InChI is InChI=1S/C24H23N3O3/c1-13-5-8-20-19(9-13)16(4)22(29-20)23-25-24(30-26-23)17-11-21(28)27(12-17)18-7-6-14(2)15(3)10-18/h5-10,17H,11-12H2,1-4H3/t17-/m0/s1. The molecule has 1 atom stereocenters. The van der Waals surface area contributed by atoms with Crippen molar-refractivity contribution in [3.05, 3.63) is 64.5 Å². The summed E-state index contributed by atoms with van der Waals surface area (Å²) in [6.45, 7) is 8.70. The van der Waals surface area contributed by atoms with Crippen LogP contribution in [0.25, 0.3) is 22.6 Å². The molecule has 6 heteroatoms. The number of aromatic nitrogens is 2. The zero-order chi connectivity index (χ0) is 21.0. The molecule has 0 radical (unpaired) electrons. The summed E-state index contributed by atoms with van der Waals surface area (Å²) in [5, 5.41) is 5.20. The molecule has 2 aromatic carbocycles. The van der Waals surface area contributed by atoms with Crippen LogP contribution in [0.3, 0.4) is 0 Å². The van der Waals surface area contributed by atoms with Gasteiger partial charge in [0, 0.05) is 29.6 Å². The molecule has 0 saturated carbocycles. The molecular weight excluding hydrogens is 378 g/mol. The highest BCUT2D eigenvalue weighted by Crippen LogP contribution is 2.35. The lowest BCUT2D eigenvalue weighted by atomic mass is 10.1. The lowest BCUT2D eigenvalue weighted by molar-refractivity contribution is -0.117. The molecule has 0 spiro atoms. The summed E-state index contributed by atoms with van der Waals surface area (Å²) in [5.41, 5.74) is 6.24. The predicted molar refractivity (Wildman–Crippen MR) is 115 cm³/mol. The van der Waals surface area contributed by atoms with Gasteiger partial charge in [-0.3, -0.25) is 4.79 Å². The van der Waals surface area contributed by atoms with Crippen molar-refractivity contribution >= 4 is 22.6 Å². The Labute approximate surface area is 174 Å². The molecule has 0 aliphatic carbocycles. The van der Waals surface area contributed by atoms with Gasteiger partial charge >= 0.3 is 0 Å². The summed E-state index contributed by atoms with van der Waals surface area (Å²) in [6, 6.07) is 12.1. The molecule has 5 rings (SSSR count). The van der Waals surface area contributed by atoms with Crippen molar-refractivity contribution in [2.75, 3.05) is 11.4 Å². The summed E-state index contributed by atoms with van der Waals surface area (Å²) < 4.78 is 11.5. The molecule has 1 aliphatic heterocycles. The van der Waals surface area contributed by atoms with Crippen LogP contribution >= 0.6 is 0 Å². The third kappa shape index (κ3) is 3.00. The quantitative estimate of drug-likeness (QED) is 0.470. The Morgan fingerprint density at radius 2 is 1.87 bits per heavy atom. The van der Waals surface area contributed by atoms with Crippen LogP contribution in [0.15, 0.2) is 45.3 Å². The molecule has 1 saturated heterocycles. The van der Waals surface area contributed by atoms with Crippen LogP contribution in [0, 0.1) is 27.7 Å². The number of amides is 1. The number of nitrogens with zero attached hydrogens (tertiary/aromatic N) is 3. The van der Waals surface area contributed by atoms with Gasteiger partial charge < -0.3 is 13.8 Å². The average Bonchev–Trinajstić information content (AvgIpc) is 3.42. The summed E-state index contributed by atoms with van der Waals surface area (Å²) in [5.74, 6) is 1.45. The van der Waals surface area contributed by atoms with E-state index in [1.165, 1.54) is 16.7 Å². The van der Waals surface area contributed by atoms with Crippen LogP contribution in [0.4, 0.5) is 5.69 Å². The molecule has 1 amide bonds. The first kappa shape index (κ1) is 18.6. The van der Waals surface area contributed by atoms with E-state index < -0.39 is 0 Å². The number of hydrogen-bond donors (Lipinski definition) is 0. The molecule has 4 aromatic rings. The van der Waals surface area contributed by atoms with Crippen LogP contribution in [0.2, 0.25) is 0 Å². The van der Waals surface area contributed by atoms with Gasteiger partial charge in [-0.15, -0.1) is 0 Å². The van der Waals surface area contributed by atoms with E-state index in [9.17, 15) is 4.79 Å². The van der Waals surface area contributed by atoms with Gasteiger partial charge in [0.15, 0.2) is 5.76 Å². The maximum Gasteiger partial charge on any atom is 0.238 e. The first-order valence-corrected chi connectivity index (χ1v) is 10.1. The van der Waals surface area contributed by atoms with Crippen LogP contribution < -0.4 is 4.90 Å². The fourth-order valence-electron chi connectivity index (χ4n) is 4.06. The second kappa shape index (κ2) is 6.83. The third-order valence-electron chi connectivity index (χ3n) is 6.01. The SMILES string of the molecule is Cc1ccc2oc(-c3noc([C@H]4CC(=O)N(c5ccc(C)c(C)c5)C4)n3)c(C)c2c1. The van der Waals surface area contributed by atoms with Gasteiger partial charge in [-0.1, -0.05) is 22.9 Å². The fourth-order valence-corrected chi connectivity index (χ4v) is 4.06. The van der Waals surface area contributed by atoms with Crippen molar-refractivity contribution in [1.29, 1.82) is 0 Å². The topological polar surface area (TPSA) is 72.4 Å². The van der Waals surface area contributed by atoms with E-state index in [4.69, 9.17) is 8.94 Å². The monoisotopic (exact) mass is 401 g/mol. The van der Waals surface area contributed by atoms with E-state index in [1.807, 2.05) is 31.2 Å². The van der Waals surface area contributed by atoms with Crippen molar-refractivity contribution in [3.63, 3.8) is 0 Å². The Bertz CT molecular complexity index is 1280. The van der Waals surface area contributed by atoms with Crippen molar-refractivity contribution in [2.24, 2.45) is 0 Å². The van der Waals surface area contributed by atoms with Crippen LogP contribution in [0.5, 0.6) is 0 Å². The minimum absolute atomic E-state index is 0.0680. The Morgan fingerprint density at radius 3 is 2.67 bits per heavy atom. The van der Waals surface area contributed by atoms with E-state index in [2.05, 4.69) is 43.0 Å². The molecule has 30 heavy (non-hydrogen) atoms. The first-order chi connectivity index (χ1) is 14.4. The first-order valence-electron chi connectivity index (χ1n) is 10.1. The third-order valence-corrected chi connectivity index (χ3v) is 6.01. The highest BCUT2D eigenvalue weighted by molar-refractivity contribution is 5.96. The molecule has 1 fully saturated rings. The number of fused-ring (bicyclic) bond motifs is 1. The average molecular weight is 401 g/mol. The maximum atomic E-state index is 12.7. The molecule has 2 aromatic heterocycles. The van der Waals surface area contributed by atoms with Crippen molar-refractivity contribution < 1.29 is 13.7 Å². The van der Waals surface area contributed by atoms with Gasteiger partial charge in [0.1, 0.15) is 5.58 Å². The number of anilines is 1. The zero-order valence-corrected chi connectivity index (χ0v) is 17.5.